The highest BCUT2D eigenvalue weighted by Gasteiger charge is 2.23. The number of hydrogen-bond donors (Lipinski definition) is 0. The maximum atomic E-state index is 6.06. The van der Waals surface area contributed by atoms with Gasteiger partial charge in [-0.1, -0.05) is 12.1 Å². The van der Waals surface area contributed by atoms with Gasteiger partial charge in [-0.05, 0) is 45.0 Å². The average Bonchev–Trinajstić information content (AvgIpc) is 3.18. The van der Waals surface area contributed by atoms with Gasteiger partial charge in [-0.25, -0.2) is 4.57 Å². The molecule has 3 aromatic heterocycles. The Hall–Kier alpha value is -3.08. The van der Waals surface area contributed by atoms with Crippen LogP contribution in [-0.4, -0.2) is 19.9 Å². The summed E-state index contributed by atoms with van der Waals surface area (Å²) in [5, 5.41) is 1.19. The normalized spacial score (nSPS) is 12.2. The van der Waals surface area contributed by atoms with Gasteiger partial charge in [-0.15, -0.1) is 0 Å². The fourth-order valence-corrected chi connectivity index (χ4v) is 3.88. The summed E-state index contributed by atoms with van der Waals surface area (Å²) < 4.78 is 12.6. The van der Waals surface area contributed by atoms with E-state index < -0.39 is 0 Å². The van der Waals surface area contributed by atoms with E-state index in [1.54, 1.807) is 0 Å². The molecule has 0 aliphatic heterocycles. The number of rotatable bonds is 2. The number of hydrogen-bond acceptors (Lipinski definition) is 2. The first kappa shape index (κ1) is 15.2. The lowest BCUT2D eigenvalue weighted by Gasteiger charge is -2.14. The number of nitrogens with zero attached hydrogens (tertiary/aromatic N) is 4. The maximum Gasteiger partial charge on any atom is 0.312 e. The molecular weight excluding hydrogens is 324 g/mol. The second-order valence-corrected chi connectivity index (χ2v) is 7.09. The van der Waals surface area contributed by atoms with Gasteiger partial charge < -0.3 is 4.74 Å². The molecule has 0 amide bonds. The molecule has 5 heteroatoms. The van der Waals surface area contributed by atoms with Crippen LogP contribution in [0.1, 0.15) is 19.4 Å². The molecule has 0 bridgehead atoms. The van der Waals surface area contributed by atoms with Gasteiger partial charge in [0.2, 0.25) is 0 Å². The summed E-state index contributed by atoms with van der Waals surface area (Å²) in [4.78, 5) is 4.89. The highest BCUT2D eigenvalue weighted by molar-refractivity contribution is 5.99. The summed E-state index contributed by atoms with van der Waals surface area (Å²) in [7, 11) is 2.07. The summed E-state index contributed by atoms with van der Waals surface area (Å²) in [6.07, 6.45) is 4.29. The van der Waals surface area contributed by atoms with Gasteiger partial charge in [-0.3, -0.25) is 4.40 Å². The topological polar surface area (TPSA) is 34.8 Å². The highest BCUT2D eigenvalue weighted by Crippen LogP contribution is 2.33. The SMILES string of the molecule is Cc1c(OC(C)C)ccc2c1c1n(cc[n+]1C)c1nc3ccccc3n21. The Balaban J connectivity index is 2.07. The van der Waals surface area contributed by atoms with Crippen molar-refractivity contribution >= 4 is 33.4 Å². The molecule has 5 rings (SSSR count). The number of benzene rings is 2. The van der Waals surface area contributed by atoms with Crippen molar-refractivity contribution in [2.45, 2.75) is 26.9 Å². The number of para-hydroxylation sites is 2. The van der Waals surface area contributed by atoms with Crippen LogP contribution in [0.5, 0.6) is 5.75 Å². The quantitative estimate of drug-likeness (QED) is 0.456. The fraction of sp³-hybridized carbons (Fsp3) is 0.238. The lowest BCUT2D eigenvalue weighted by molar-refractivity contribution is -0.643. The first-order chi connectivity index (χ1) is 12.6. The van der Waals surface area contributed by atoms with Crippen LogP contribution in [0, 0.1) is 6.92 Å². The van der Waals surface area contributed by atoms with Crippen molar-refractivity contribution in [3.05, 3.63) is 54.4 Å². The minimum Gasteiger partial charge on any atom is -0.491 e. The van der Waals surface area contributed by atoms with E-state index in [4.69, 9.17) is 9.72 Å². The zero-order chi connectivity index (χ0) is 18.0. The second kappa shape index (κ2) is 5.21. The number of fused-ring (bicyclic) bond motifs is 8. The van der Waals surface area contributed by atoms with E-state index in [0.29, 0.717) is 0 Å². The van der Waals surface area contributed by atoms with Gasteiger partial charge in [0, 0.05) is 5.56 Å². The lowest BCUT2D eigenvalue weighted by atomic mass is 10.1. The molecule has 0 N–H and O–H groups in total. The zero-order valence-corrected chi connectivity index (χ0v) is 15.4. The standard InChI is InChI=1S/C21H21N4O/c1-13(2)26-18-10-9-17-19(14(18)3)20-23(4)11-12-24(20)21-22-15-7-5-6-8-16(15)25(17)21/h5-13H,1-4H3/q+1. The van der Waals surface area contributed by atoms with Crippen molar-refractivity contribution in [2.24, 2.45) is 7.05 Å². The smallest absolute Gasteiger partial charge is 0.312 e. The molecular formula is C21H21N4O+. The first-order valence-electron chi connectivity index (χ1n) is 8.92. The molecule has 26 heavy (non-hydrogen) atoms. The highest BCUT2D eigenvalue weighted by atomic mass is 16.5. The van der Waals surface area contributed by atoms with E-state index >= 15 is 0 Å². The average molecular weight is 345 g/mol. The summed E-state index contributed by atoms with van der Waals surface area (Å²) >= 11 is 0. The predicted octanol–water partition coefficient (Wildman–Crippen LogP) is 3.81. The molecule has 0 saturated heterocycles. The van der Waals surface area contributed by atoms with Gasteiger partial charge in [-0.2, -0.15) is 9.38 Å². The molecule has 5 aromatic rings. The summed E-state index contributed by atoms with van der Waals surface area (Å²) in [6, 6.07) is 12.5. The largest absolute Gasteiger partial charge is 0.491 e. The molecule has 5 nitrogen and oxygen atoms in total. The minimum atomic E-state index is 0.139. The van der Waals surface area contributed by atoms with Crippen molar-refractivity contribution in [3.8, 4) is 5.75 Å². The zero-order valence-electron chi connectivity index (χ0n) is 15.4. The van der Waals surface area contributed by atoms with Crippen LogP contribution in [0.25, 0.3) is 33.4 Å². The molecule has 0 radical (unpaired) electrons. The monoisotopic (exact) mass is 345 g/mol. The van der Waals surface area contributed by atoms with Crippen molar-refractivity contribution in [3.63, 3.8) is 0 Å². The van der Waals surface area contributed by atoms with Crippen LogP contribution in [0.2, 0.25) is 0 Å². The number of aryl methyl sites for hydroxylation is 2. The van der Waals surface area contributed by atoms with Crippen molar-refractivity contribution in [2.75, 3.05) is 0 Å². The number of ether oxygens (including phenoxy) is 1. The van der Waals surface area contributed by atoms with Crippen molar-refractivity contribution < 1.29 is 9.30 Å². The maximum absolute atomic E-state index is 6.06. The molecule has 0 spiro atoms. The van der Waals surface area contributed by atoms with E-state index in [2.05, 4.69) is 83.9 Å². The lowest BCUT2D eigenvalue weighted by Crippen LogP contribution is -2.26. The van der Waals surface area contributed by atoms with E-state index in [1.165, 1.54) is 5.39 Å². The Morgan fingerprint density at radius 3 is 2.69 bits per heavy atom. The molecule has 0 atom stereocenters. The third-order valence-electron chi connectivity index (χ3n) is 4.98. The van der Waals surface area contributed by atoms with Gasteiger partial charge in [0.1, 0.15) is 18.1 Å². The second-order valence-electron chi connectivity index (χ2n) is 7.09. The summed E-state index contributed by atoms with van der Waals surface area (Å²) in [5.74, 6) is 1.85. The van der Waals surface area contributed by atoms with Gasteiger partial charge in [0.15, 0.2) is 0 Å². The van der Waals surface area contributed by atoms with Crippen LogP contribution in [0.4, 0.5) is 0 Å². The molecule has 0 unspecified atom stereocenters. The van der Waals surface area contributed by atoms with Gasteiger partial charge in [0.05, 0.1) is 35.1 Å². The Kier molecular flexibility index (Phi) is 3.04. The number of imidazole rings is 2. The van der Waals surface area contributed by atoms with Crippen LogP contribution >= 0.6 is 0 Å². The number of aromatic nitrogens is 4. The third kappa shape index (κ3) is 1.91. The van der Waals surface area contributed by atoms with E-state index in [9.17, 15) is 0 Å². The molecule has 0 saturated carbocycles. The third-order valence-corrected chi connectivity index (χ3v) is 4.98. The molecule has 3 heterocycles. The van der Waals surface area contributed by atoms with Crippen LogP contribution in [-0.2, 0) is 7.05 Å². The van der Waals surface area contributed by atoms with Crippen LogP contribution in [0.15, 0.2) is 48.8 Å². The van der Waals surface area contributed by atoms with Crippen molar-refractivity contribution in [1.29, 1.82) is 0 Å². The fourth-order valence-electron chi connectivity index (χ4n) is 3.88. The molecule has 2 aromatic carbocycles. The Labute approximate surface area is 151 Å². The van der Waals surface area contributed by atoms with Crippen molar-refractivity contribution in [1.82, 2.24) is 13.8 Å². The van der Waals surface area contributed by atoms with E-state index in [1.807, 2.05) is 6.07 Å². The molecule has 0 aliphatic rings. The molecule has 0 fully saturated rings. The summed E-state index contributed by atoms with van der Waals surface area (Å²) in [6.45, 7) is 6.25. The van der Waals surface area contributed by atoms with Gasteiger partial charge >= 0.3 is 5.78 Å². The molecule has 130 valence electrons. The Morgan fingerprint density at radius 1 is 1.08 bits per heavy atom. The molecule has 0 aliphatic carbocycles. The van der Waals surface area contributed by atoms with E-state index in [0.717, 1.165) is 39.3 Å². The van der Waals surface area contributed by atoms with Gasteiger partial charge in [0.25, 0.3) is 5.65 Å². The van der Waals surface area contributed by atoms with Crippen LogP contribution in [0.3, 0.4) is 0 Å². The predicted molar refractivity (Wildman–Crippen MR) is 103 cm³/mol. The van der Waals surface area contributed by atoms with E-state index in [-0.39, 0.29) is 6.10 Å². The minimum absolute atomic E-state index is 0.139. The Morgan fingerprint density at radius 2 is 1.88 bits per heavy atom. The summed E-state index contributed by atoms with van der Waals surface area (Å²) in [5.41, 5.74) is 5.52. The Bertz CT molecular complexity index is 1310. The van der Waals surface area contributed by atoms with Crippen LogP contribution < -0.4 is 9.30 Å². The first-order valence-corrected chi connectivity index (χ1v) is 8.92.